The first kappa shape index (κ1) is 25.5. The summed E-state index contributed by atoms with van der Waals surface area (Å²) < 4.78 is 10.7. The van der Waals surface area contributed by atoms with E-state index in [0.29, 0.717) is 12.5 Å². The van der Waals surface area contributed by atoms with Gasteiger partial charge in [-0.05, 0) is 56.9 Å². The Kier molecular flexibility index (Phi) is 6.90. The second-order valence-electron chi connectivity index (χ2n) is 10.3. The molecule has 1 aliphatic heterocycles. The normalized spacial score (nSPS) is 17.2. The minimum atomic E-state index is -0.305. The predicted octanol–water partition coefficient (Wildman–Crippen LogP) is 5.89. The Morgan fingerprint density at radius 1 is 1.12 bits per heavy atom. The maximum absolute atomic E-state index is 12.9. The van der Waals surface area contributed by atoms with Gasteiger partial charge in [0.2, 0.25) is 5.95 Å². The fraction of sp³-hybridized carbons (Fsp3) is 0.300. The number of hydrogen-bond acceptors (Lipinski definition) is 8. The minimum absolute atomic E-state index is 0.00929. The van der Waals surface area contributed by atoms with Crippen LogP contribution in [0.25, 0.3) is 33.5 Å². The van der Waals surface area contributed by atoms with E-state index in [1.54, 1.807) is 11.2 Å². The average molecular weight is 538 g/mol. The Balaban J connectivity index is 1.18. The number of pyridine rings is 1. The fourth-order valence-corrected chi connectivity index (χ4v) is 5.14. The highest BCUT2D eigenvalue weighted by Gasteiger charge is 2.30. The molecule has 0 spiro atoms. The lowest BCUT2D eigenvalue weighted by atomic mass is 10.00. The number of anilines is 1. The summed E-state index contributed by atoms with van der Waals surface area (Å²) in [4.78, 5) is 32.2. The van der Waals surface area contributed by atoms with Gasteiger partial charge in [0, 0.05) is 42.0 Å². The third-order valence-electron chi connectivity index (χ3n) is 7.45. The summed E-state index contributed by atoms with van der Waals surface area (Å²) >= 11 is 0. The number of likely N-dealkylation sites (tertiary alicyclic amines) is 1. The van der Waals surface area contributed by atoms with E-state index in [2.05, 4.69) is 27.4 Å². The number of amides is 1. The SMILES string of the molecule is Cc1cnc(N[C@H]2CC[C@H](C)N(C(=O)OCc3ccccc3)C2)nc1-c1c[nH]c2nc(-c3conc3C)ccc12. The summed E-state index contributed by atoms with van der Waals surface area (Å²) in [6.07, 6.45) is 6.81. The fourth-order valence-electron chi connectivity index (χ4n) is 5.14. The monoisotopic (exact) mass is 537 g/mol. The molecule has 4 aromatic heterocycles. The molecule has 1 fully saturated rings. The molecule has 0 saturated carbocycles. The third kappa shape index (κ3) is 5.12. The molecule has 5 heterocycles. The topological polar surface area (TPSA) is 122 Å². The van der Waals surface area contributed by atoms with Crippen LogP contribution in [0.5, 0.6) is 0 Å². The van der Waals surface area contributed by atoms with Crippen LogP contribution in [0.1, 0.15) is 36.6 Å². The van der Waals surface area contributed by atoms with Crippen LogP contribution in [0.3, 0.4) is 0 Å². The van der Waals surface area contributed by atoms with Gasteiger partial charge in [0.15, 0.2) is 0 Å². The molecule has 0 radical (unpaired) electrons. The number of aromatic amines is 1. The first-order valence-electron chi connectivity index (χ1n) is 13.4. The second-order valence-corrected chi connectivity index (χ2v) is 10.3. The van der Waals surface area contributed by atoms with Crippen LogP contribution in [0.15, 0.2) is 65.6 Å². The zero-order chi connectivity index (χ0) is 27.6. The van der Waals surface area contributed by atoms with Gasteiger partial charge in [-0.25, -0.2) is 19.7 Å². The van der Waals surface area contributed by atoms with Gasteiger partial charge in [0.1, 0.15) is 18.5 Å². The number of aryl methyl sites for hydroxylation is 2. The molecule has 1 saturated heterocycles. The van der Waals surface area contributed by atoms with Gasteiger partial charge in [-0.1, -0.05) is 35.5 Å². The van der Waals surface area contributed by atoms with Gasteiger partial charge in [0.05, 0.1) is 22.6 Å². The van der Waals surface area contributed by atoms with Crippen molar-refractivity contribution in [2.24, 2.45) is 0 Å². The van der Waals surface area contributed by atoms with Crippen molar-refractivity contribution < 1.29 is 14.1 Å². The van der Waals surface area contributed by atoms with Gasteiger partial charge in [-0.3, -0.25) is 0 Å². The molecule has 1 aliphatic rings. The molecular formula is C30H31N7O3. The summed E-state index contributed by atoms with van der Waals surface area (Å²) in [6, 6.07) is 13.8. The quantitative estimate of drug-likeness (QED) is 0.275. The second kappa shape index (κ2) is 10.8. The van der Waals surface area contributed by atoms with Crippen LogP contribution in [-0.2, 0) is 11.3 Å². The van der Waals surface area contributed by atoms with Crippen molar-refractivity contribution in [3.63, 3.8) is 0 Å². The lowest BCUT2D eigenvalue weighted by Gasteiger charge is -2.37. The molecule has 40 heavy (non-hydrogen) atoms. The number of nitrogens with zero attached hydrogens (tertiary/aromatic N) is 5. The molecule has 5 aromatic rings. The van der Waals surface area contributed by atoms with Gasteiger partial charge < -0.3 is 24.5 Å². The zero-order valence-corrected chi connectivity index (χ0v) is 22.7. The number of hydrogen-bond donors (Lipinski definition) is 2. The molecular weight excluding hydrogens is 506 g/mol. The van der Waals surface area contributed by atoms with Crippen LogP contribution >= 0.6 is 0 Å². The molecule has 0 bridgehead atoms. The van der Waals surface area contributed by atoms with E-state index in [1.807, 2.05) is 68.7 Å². The molecule has 10 heteroatoms. The number of nitrogens with one attached hydrogen (secondary N) is 2. The molecule has 204 valence electrons. The van der Waals surface area contributed by atoms with Gasteiger partial charge >= 0.3 is 6.09 Å². The number of carbonyl (C=O) groups excluding carboxylic acids is 1. The molecule has 6 rings (SSSR count). The number of aromatic nitrogens is 5. The van der Waals surface area contributed by atoms with Gasteiger partial charge in [-0.2, -0.15) is 0 Å². The minimum Gasteiger partial charge on any atom is -0.445 e. The molecule has 10 nitrogen and oxygen atoms in total. The number of H-pyrrole nitrogens is 1. The van der Waals surface area contributed by atoms with Crippen LogP contribution < -0.4 is 5.32 Å². The van der Waals surface area contributed by atoms with Crippen LogP contribution in [0, 0.1) is 13.8 Å². The van der Waals surface area contributed by atoms with E-state index in [-0.39, 0.29) is 24.8 Å². The van der Waals surface area contributed by atoms with Crippen molar-refractivity contribution in [3.05, 3.63) is 77.9 Å². The molecule has 1 aromatic carbocycles. The summed E-state index contributed by atoms with van der Waals surface area (Å²) in [6.45, 7) is 6.71. The number of carbonyl (C=O) groups is 1. The van der Waals surface area contributed by atoms with Crippen LogP contribution in [0.2, 0.25) is 0 Å². The smallest absolute Gasteiger partial charge is 0.410 e. The number of ether oxygens (including phenoxy) is 1. The van der Waals surface area contributed by atoms with Gasteiger partial charge in [0.25, 0.3) is 0 Å². The van der Waals surface area contributed by atoms with Crippen molar-refractivity contribution >= 4 is 23.1 Å². The van der Waals surface area contributed by atoms with E-state index in [4.69, 9.17) is 19.2 Å². The zero-order valence-electron chi connectivity index (χ0n) is 22.7. The molecule has 0 unspecified atom stereocenters. The Hall–Kier alpha value is -4.73. The van der Waals surface area contributed by atoms with Crippen molar-refractivity contribution in [1.82, 2.24) is 30.0 Å². The van der Waals surface area contributed by atoms with Crippen LogP contribution in [-0.4, -0.2) is 54.7 Å². The summed E-state index contributed by atoms with van der Waals surface area (Å²) in [7, 11) is 0. The van der Waals surface area contributed by atoms with Gasteiger partial charge in [-0.15, -0.1) is 0 Å². The molecule has 2 N–H and O–H groups in total. The first-order chi connectivity index (χ1) is 19.5. The Labute approximate surface area is 231 Å². The van der Waals surface area contributed by atoms with Crippen molar-refractivity contribution in [3.8, 4) is 22.5 Å². The third-order valence-corrected chi connectivity index (χ3v) is 7.45. The van der Waals surface area contributed by atoms with E-state index < -0.39 is 0 Å². The van der Waals surface area contributed by atoms with E-state index >= 15 is 0 Å². The summed E-state index contributed by atoms with van der Waals surface area (Å²) in [5.41, 5.74) is 6.89. The highest BCUT2D eigenvalue weighted by molar-refractivity contribution is 5.94. The van der Waals surface area contributed by atoms with E-state index in [9.17, 15) is 4.79 Å². The number of piperidine rings is 1. The summed E-state index contributed by atoms with van der Waals surface area (Å²) in [5.74, 6) is 0.525. The maximum Gasteiger partial charge on any atom is 0.410 e. The predicted molar refractivity (Wildman–Crippen MR) is 152 cm³/mol. The first-order valence-corrected chi connectivity index (χ1v) is 13.4. The lowest BCUT2D eigenvalue weighted by Crippen LogP contribution is -2.50. The van der Waals surface area contributed by atoms with Crippen molar-refractivity contribution in [2.45, 2.75) is 52.3 Å². The van der Waals surface area contributed by atoms with Crippen molar-refractivity contribution in [2.75, 3.05) is 11.9 Å². The highest BCUT2D eigenvalue weighted by Crippen LogP contribution is 2.32. The molecule has 0 aliphatic carbocycles. The average Bonchev–Trinajstić information content (AvgIpc) is 3.60. The Morgan fingerprint density at radius 2 is 1.98 bits per heavy atom. The number of rotatable bonds is 6. The summed E-state index contributed by atoms with van der Waals surface area (Å²) in [5, 5.41) is 8.38. The Bertz CT molecular complexity index is 1650. The molecule has 1 amide bonds. The lowest BCUT2D eigenvalue weighted by molar-refractivity contribution is 0.0695. The maximum atomic E-state index is 12.9. The standard InChI is InChI=1S/C30H31N7O3/c1-18-13-32-29(33-22-10-9-19(2)37(15-22)30(38)39-16-21-7-5-4-6-8-21)35-27(18)24-14-31-28-23(24)11-12-26(34-28)25-17-40-36-20(25)3/h4-8,11-14,17,19,22H,9-10,15-16H2,1-3H3,(H,31,34)(H,32,33,35)/t19-,22-/m0/s1. The van der Waals surface area contributed by atoms with Crippen molar-refractivity contribution in [1.29, 1.82) is 0 Å². The van der Waals surface area contributed by atoms with Crippen LogP contribution in [0.4, 0.5) is 10.7 Å². The largest absolute Gasteiger partial charge is 0.445 e. The van der Waals surface area contributed by atoms with E-state index in [1.165, 1.54) is 0 Å². The Morgan fingerprint density at radius 3 is 2.77 bits per heavy atom. The van der Waals surface area contributed by atoms with E-state index in [0.717, 1.165) is 63.2 Å². The molecule has 2 atom stereocenters. The number of benzene rings is 1. The highest BCUT2D eigenvalue weighted by atomic mass is 16.6. The number of fused-ring (bicyclic) bond motifs is 1.